The van der Waals surface area contributed by atoms with Crippen LogP contribution < -0.4 is 0 Å². The van der Waals surface area contributed by atoms with E-state index in [0.29, 0.717) is 18.5 Å². The Morgan fingerprint density at radius 1 is 1.41 bits per heavy atom. The van der Waals surface area contributed by atoms with Gasteiger partial charge in [0, 0.05) is 0 Å². The predicted molar refractivity (Wildman–Crippen MR) is 75.8 cm³/mol. The summed E-state index contributed by atoms with van der Waals surface area (Å²) in [6.45, 7) is 1.87. The normalized spacial score (nSPS) is 22.5. The van der Waals surface area contributed by atoms with Crippen molar-refractivity contribution in [2.45, 2.75) is 38.5 Å². The Morgan fingerprint density at radius 2 is 2.23 bits per heavy atom. The van der Waals surface area contributed by atoms with Crippen molar-refractivity contribution in [2.24, 2.45) is 0 Å². The van der Waals surface area contributed by atoms with Crippen molar-refractivity contribution in [3.63, 3.8) is 0 Å². The molecule has 0 spiro atoms. The summed E-state index contributed by atoms with van der Waals surface area (Å²) < 4.78 is 22.8. The Bertz CT molecular complexity index is 715. The number of ether oxygens (including phenoxy) is 1. The molecule has 0 radical (unpaired) electrons. The number of aryl methyl sites for hydroxylation is 1. The molecule has 0 aromatic carbocycles. The first kappa shape index (κ1) is 15.5. The van der Waals surface area contributed by atoms with E-state index in [-0.39, 0.29) is 18.9 Å². The van der Waals surface area contributed by atoms with E-state index < -0.39 is 7.82 Å². The van der Waals surface area contributed by atoms with Crippen LogP contribution in [0.2, 0.25) is 0 Å². The monoisotopic (exact) mass is 328 g/mol. The van der Waals surface area contributed by atoms with Gasteiger partial charge in [0.25, 0.3) is 0 Å². The smallest absolute Gasteiger partial charge is 0.352 e. The van der Waals surface area contributed by atoms with Crippen LogP contribution in [0.15, 0.2) is 12.7 Å². The van der Waals surface area contributed by atoms with E-state index in [1.165, 1.54) is 6.33 Å². The molecule has 0 amide bonds. The summed E-state index contributed by atoms with van der Waals surface area (Å²) in [5, 5.41) is 0. The molecule has 2 unspecified atom stereocenters. The van der Waals surface area contributed by atoms with Crippen LogP contribution >= 0.6 is 7.82 Å². The van der Waals surface area contributed by atoms with E-state index in [0.717, 1.165) is 17.6 Å². The molecule has 1 aliphatic heterocycles. The summed E-state index contributed by atoms with van der Waals surface area (Å²) in [5.74, 6) is 0. The highest BCUT2D eigenvalue weighted by Crippen LogP contribution is 2.38. The van der Waals surface area contributed by atoms with Crippen molar-refractivity contribution < 1.29 is 23.6 Å². The van der Waals surface area contributed by atoms with Gasteiger partial charge in [-0.15, -0.1) is 0 Å². The molecule has 10 heteroatoms. The molecule has 0 saturated carbocycles. The topological polar surface area (TPSA) is 120 Å². The first-order chi connectivity index (χ1) is 10.5. The molecular weight excluding hydrogens is 311 g/mol. The van der Waals surface area contributed by atoms with Gasteiger partial charge in [-0.2, -0.15) is 0 Å². The molecule has 9 nitrogen and oxygen atoms in total. The maximum absolute atomic E-state index is 10.7. The lowest BCUT2D eigenvalue weighted by Crippen LogP contribution is -2.16. The van der Waals surface area contributed by atoms with Crippen molar-refractivity contribution in [3.8, 4) is 0 Å². The largest absolute Gasteiger partial charge is 0.469 e. The highest BCUT2D eigenvalue weighted by atomic mass is 31.2. The summed E-state index contributed by atoms with van der Waals surface area (Å²) in [6, 6.07) is 0. The summed E-state index contributed by atoms with van der Waals surface area (Å²) in [6.07, 6.45) is 4.65. The standard InChI is InChI=1S/C12H17N4O5P/c1-2-9-11-12(14-6-13-9)16(7-15-11)10-4-3-8(21-10)5-20-22(17,18)19/h6-8,10H,2-5H2,1H3,(H2,17,18,19). The number of hydrogen-bond donors (Lipinski definition) is 2. The van der Waals surface area contributed by atoms with Gasteiger partial charge < -0.3 is 14.5 Å². The van der Waals surface area contributed by atoms with E-state index in [1.807, 2.05) is 11.5 Å². The SMILES string of the molecule is CCc1ncnc2c1ncn2C1CCC(COP(=O)(O)O)O1. The molecule has 1 fully saturated rings. The lowest BCUT2D eigenvalue weighted by Gasteiger charge is -2.15. The zero-order valence-electron chi connectivity index (χ0n) is 12.0. The van der Waals surface area contributed by atoms with Crippen LogP contribution in [-0.2, 0) is 20.2 Å². The number of rotatable bonds is 5. The Balaban J connectivity index is 1.75. The molecule has 2 aromatic rings. The Hall–Kier alpha value is -1.38. The van der Waals surface area contributed by atoms with Crippen LogP contribution in [0.3, 0.4) is 0 Å². The predicted octanol–water partition coefficient (Wildman–Crippen LogP) is 1.18. The fourth-order valence-electron chi connectivity index (χ4n) is 2.56. The molecule has 2 N–H and O–H groups in total. The van der Waals surface area contributed by atoms with Crippen molar-refractivity contribution in [3.05, 3.63) is 18.3 Å². The maximum atomic E-state index is 10.7. The second kappa shape index (κ2) is 6.02. The summed E-state index contributed by atoms with van der Waals surface area (Å²) in [4.78, 5) is 30.3. The molecule has 3 heterocycles. The first-order valence-electron chi connectivity index (χ1n) is 7.00. The third-order valence-corrected chi connectivity index (χ3v) is 4.08. The van der Waals surface area contributed by atoms with Crippen molar-refractivity contribution >= 4 is 19.0 Å². The minimum atomic E-state index is -4.47. The molecule has 22 heavy (non-hydrogen) atoms. The van der Waals surface area contributed by atoms with E-state index >= 15 is 0 Å². The fourth-order valence-corrected chi connectivity index (χ4v) is 2.92. The van der Waals surface area contributed by atoms with Gasteiger partial charge in [-0.1, -0.05) is 6.92 Å². The minimum absolute atomic E-state index is 0.136. The molecule has 0 aliphatic carbocycles. The van der Waals surface area contributed by atoms with Crippen molar-refractivity contribution in [1.82, 2.24) is 19.5 Å². The quantitative estimate of drug-likeness (QED) is 0.785. The third kappa shape index (κ3) is 3.18. The molecule has 2 atom stereocenters. The minimum Gasteiger partial charge on any atom is -0.352 e. The second-order valence-electron chi connectivity index (χ2n) is 5.07. The summed E-state index contributed by atoms with van der Waals surface area (Å²) >= 11 is 0. The van der Waals surface area contributed by atoms with E-state index in [1.54, 1.807) is 6.33 Å². The number of imidazole rings is 1. The molecule has 120 valence electrons. The van der Waals surface area contributed by atoms with Gasteiger partial charge in [-0.05, 0) is 19.3 Å². The lowest BCUT2D eigenvalue weighted by atomic mass is 10.2. The zero-order chi connectivity index (χ0) is 15.7. The Morgan fingerprint density at radius 3 is 2.95 bits per heavy atom. The van der Waals surface area contributed by atoms with Crippen molar-refractivity contribution in [1.29, 1.82) is 0 Å². The number of aromatic nitrogens is 4. The fraction of sp³-hybridized carbons (Fsp3) is 0.583. The Labute approximate surface area is 126 Å². The molecule has 0 bridgehead atoms. The van der Waals surface area contributed by atoms with Crippen LogP contribution in [0.4, 0.5) is 0 Å². The summed E-state index contributed by atoms with van der Waals surface area (Å²) in [7, 11) is -4.47. The van der Waals surface area contributed by atoms with E-state index in [4.69, 9.17) is 14.5 Å². The van der Waals surface area contributed by atoms with Gasteiger partial charge in [0.2, 0.25) is 0 Å². The Kier molecular flexibility index (Phi) is 4.24. The van der Waals surface area contributed by atoms with Crippen LogP contribution in [0.25, 0.3) is 11.2 Å². The molecule has 2 aromatic heterocycles. The van der Waals surface area contributed by atoms with Crippen LogP contribution in [-0.4, -0.2) is 42.0 Å². The van der Waals surface area contributed by atoms with Gasteiger partial charge in [0.15, 0.2) is 5.65 Å². The highest BCUT2D eigenvalue weighted by molar-refractivity contribution is 7.46. The number of phosphoric acid groups is 1. The van der Waals surface area contributed by atoms with Gasteiger partial charge in [-0.25, -0.2) is 19.5 Å². The molecule has 3 rings (SSSR count). The number of nitrogens with zero attached hydrogens (tertiary/aromatic N) is 4. The second-order valence-corrected chi connectivity index (χ2v) is 6.31. The summed E-state index contributed by atoms with van der Waals surface area (Å²) in [5.41, 5.74) is 2.33. The van der Waals surface area contributed by atoms with E-state index in [9.17, 15) is 4.57 Å². The van der Waals surface area contributed by atoms with E-state index in [2.05, 4.69) is 19.5 Å². The number of hydrogen-bond acceptors (Lipinski definition) is 6. The highest BCUT2D eigenvalue weighted by Gasteiger charge is 2.30. The van der Waals surface area contributed by atoms with Gasteiger partial charge in [0.05, 0.1) is 24.7 Å². The third-order valence-electron chi connectivity index (χ3n) is 3.59. The molecular formula is C12H17N4O5P. The molecule has 1 aliphatic rings. The zero-order valence-corrected chi connectivity index (χ0v) is 12.9. The number of fused-ring (bicyclic) bond motifs is 1. The maximum Gasteiger partial charge on any atom is 0.469 e. The average molecular weight is 328 g/mol. The van der Waals surface area contributed by atoms with Gasteiger partial charge >= 0.3 is 7.82 Å². The van der Waals surface area contributed by atoms with Gasteiger partial charge in [0.1, 0.15) is 18.1 Å². The van der Waals surface area contributed by atoms with Gasteiger partial charge in [-0.3, -0.25) is 9.09 Å². The number of phosphoric ester groups is 1. The van der Waals surface area contributed by atoms with Crippen LogP contribution in [0, 0.1) is 0 Å². The first-order valence-corrected chi connectivity index (χ1v) is 8.53. The molecule has 1 saturated heterocycles. The van der Waals surface area contributed by atoms with Crippen LogP contribution in [0.1, 0.15) is 31.7 Å². The van der Waals surface area contributed by atoms with Crippen LogP contribution in [0.5, 0.6) is 0 Å². The lowest BCUT2D eigenvalue weighted by molar-refractivity contribution is -0.0205. The van der Waals surface area contributed by atoms with Crippen molar-refractivity contribution in [2.75, 3.05) is 6.61 Å². The average Bonchev–Trinajstić information content (AvgIpc) is 3.10.